The molecule has 2 N–H and O–H groups in total. The van der Waals surface area contributed by atoms with Crippen molar-refractivity contribution in [3.8, 4) is 5.75 Å². The van der Waals surface area contributed by atoms with Crippen LogP contribution in [0.4, 0.5) is 5.69 Å². The Morgan fingerprint density at radius 2 is 1.88 bits per heavy atom. The normalized spacial score (nSPS) is 11.5. The number of thiocarbonyl (C=S) groups is 1. The zero-order chi connectivity index (χ0) is 18.4. The number of anilines is 1. The fourth-order valence-electron chi connectivity index (χ4n) is 2.57. The number of carbonyl (C=O) groups is 1. The number of nitrogens with one attached hydrogen (secondary N) is 2. The Bertz CT molecular complexity index is 757. The first-order valence-electron chi connectivity index (χ1n) is 8.32. The highest BCUT2D eigenvalue weighted by Crippen LogP contribution is 2.23. The van der Waals surface area contributed by atoms with E-state index in [2.05, 4.69) is 36.6 Å². The Hall–Kier alpha value is -2.40. The lowest BCUT2D eigenvalue weighted by Gasteiger charge is -2.14. The maximum absolute atomic E-state index is 12.4. The highest BCUT2D eigenvalue weighted by atomic mass is 32.1. The molecule has 132 valence electrons. The molecule has 1 amide bonds. The summed E-state index contributed by atoms with van der Waals surface area (Å²) < 4.78 is 5.32. The van der Waals surface area contributed by atoms with Crippen LogP contribution in [0.1, 0.15) is 47.7 Å². The largest absolute Gasteiger partial charge is 0.496 e. The van der Waals surface area contributed by atoms with Crippen molar-refractivity contribution in [3.63, 3.8) is 0 Å². The van der Waals surface area contributed by atoms with Crippen LogP contribution in [0, 0.1) is 6.92 Å². The lowest BCUT2D eigenvalue weighted by atomic mass is 9.99. The summed E-state index contributed by atoms with van der Waals surface area (Å²) in [6, 6.07) is 13.5. The zero-order valence-corrected chi connectivity index (χ0v) is 15.9. The molecule has 0 aliphatic carbocycles. The van der Waals surface area contributed by atoms with Crippen LogP contribution < -0.4 is 15.4 Å². The second-order valence-corrected chi connectivity index (χ2v) is 6.40. The Morgan fingerprint density at radius 1 is 1.20 bits per heavy atom. The van der Waals surface area contributed by atoms with E-state index in [0.29, 0.717) is 17.2 Å². The number of ether oxygens (including phenoxy) is 1. The van der Waals surface area contributed by atoms with Crippen LogP contribution in [0.25, 0.3) is 0 Å². The zero-order valence-electron chi connectivity index (χ0n) is 15.1. The van der Waals surface area contributed by atoms with Gasteiger partial charge < -0.3 is 10.1 Å². The number of carbonyl (C=O) groups excluding carboxylic acids is 1. The van der Waals surface area contributed by atoms with Crippen molar-refractivity contribution in [1.82, 2.24) is 5.32 Å². The van der Waals surface area contributed by atoms with Gasteiger partial charge in [-0.1, -0.05) is 38.1 Å². The fraction of sp³-hybridized carbons (Fsp3) is 0.300. The van der Waals surface area contributed by atoms with Gasteiger partial charge in [0.2, 0.25) is 0 Å². The van der Waals surface area contributed by atoms with Gasteiger partial charge in [0.1, 0.15) is 5.75 Å². The van der Waals surface area contributed by atoms with Gasteiger partial charge >= 0.3 is 0 Å². The molecule has 5 heteroatoms. The Balaban J connectivity index is 2.03. The molecule has 0 saturated carbocycles. The van der Waals surface area contributed by atoms with Crippen LogP contribution in [0.5, 0.6) is 5.75 Å². The van der Waals surface area contributed by atoms with Crippen molar-refractivity contribution in [2.45, 2.75) is 33.1 Å². The highest BCUT2D eigenvalue weighted by molar-refractivity contribution is 7.80. The summed E-state index contributed by atoms with van der Waals surface area (Å²) >= 11 is 5.25. The summed E-state index contributed by atoms with van der Waals surface area (Å²) in [7, 11) is 1.55. The molecular weight excluding hydrogens is 332 g/mol. The molecule has 0 aliphatic rings. The van der Waals surface area contributed by atoms with Crippen LogP contribution in [-0.4, -0.2) is 18.1 Å². The Morgan fingerprint density at radius 3 is 2.48 bits per heavy atom. The molecule has 0 fully saturated rings. The molecular formula is C20H24N2O2S. The van der Waals surface area contributed by atoms with Crippen molar-refractivity contribution in [2.75, 3.05) is 12.4 Å². The molecule has 0 bridgehead atoms. The predicted molar refractivity (Wildman–Crippen MR) is 107 cm³/mol. The van der Waals surface area contributed by atoms with E-state index < -0.39 is 0 Å². The van der Waals surface area contributed by atoms with Gasteiger partial charge in [-0.2, -0.15) is 0 Å². The van der Waals surface area contributed by atoms with Crippen LogP contribution in [0.2, 0.25) is 0 Å². The molecule has 25 heavy (non-hydrogen) atoms. The number of para-hydroxylation sites is 1. The number of rotatable bonds is 5. The number of amides is 1. The molecule has 0 radical (unpaired) electrons. The quantitative estimate of drug-likeness (QED) is 0.766. The summed E-state index contributed by atoms with van der Waals surface area (Å²) in [5.41, 5.74) is 3.48. The van der Waals surface area contributed by atoms with Crippen molar-refractivity contribution < 1.29 is 9.53 Å². The number of hydrogen-bond acceptors (Lipinski definition) is 3. The van der Waals surface area contributed by atoms with E-state index in [0.717, 1.165) is 17.7 Å². The third-order valence-electron chi connectivity index (χ3n) is 4.24. The average Bonchev–Trinajstić information content (AvgIpc) is 2.61. The fourth-order valence-corrected chi connectivity index (χ4v) is 2.78. The van der Waals surface area contributed by atoms with E-state index in [1.165, 1.54) is 5.56 Å². The second-order valence-electron chi connectivity index (χ2n) is 6.00. The minimum Gasteiger partial charge on any atom is -0.496 e. The van der Waals surface area contributed by atoms with Gasteiger partial charge in [0, 0.05) is 5.69 Å². The molecule has 2 aromatic rings. The SMILES string of the molecule is CC[C@H](C)c1ccc(NC(=S)NC(=O)c2cccc(C)c2OC)cc1. The van der Waals surface area contributed by atoms with Gasteiger partial charge in [0.25, 0.3) is 5.91 Å². The van der Waals surface area contributed by atoms with Crippen LogP contribution in [-0.2, 0) is 0 Å². The minimum atomic E-state index is -0.297. The first-order valence-corrected chi connectivity index (χ1v) is 8.73. The van der Waals surface area contributed by atoms with Gasteiger partial charge in [-0.25, -0.2) is 0 Å². The van der Waals surface area contributed by atoms with E-state index in [-0.39, 0.29) is 11.0 Å². The molecule has 0 aliphatic heterocycles. The van der Waals surface area contributed by atoms with Crippen molar-refractivity contribution >= 4 is 28.9 Å². The third-order valence-corrected chi connectivity index (χ3v) is 4.44. The Labute approximate surface area is 154 Å². The highest BCUT2D eigenvalue weighted by Gasteiger charge is 2.15. The van der Waals surface area contributed by atoms with Gasteiger partial charge in [-0.3, -0.25) is 10.1 Å². The molecule has 0 aromatic heterocycles. The van der Waals surface area contributed by atoms with Gasteiger partial charge in [-0.15, -0.1) is 0 Å². The molecule has 2 rings (SSSR count). The van der Waals surface area contributed by atoms with Crippen molar-refractivity contribution in [2.24, 2.45) is 0 Å². The Kier molecular flexibility index (Phi) is 6.53. The molecule has 1 atom stereocenters. The van der Waals surface area contributed by atoms with Gasteiger partial charge in [0.15, 0.2) is 5.11 Å². The summed E-state index contributed by atoms with van der Waals surface area (Å²) in [6.07, 6.45) is 1.10. The van der Waals surface area contributed by atoms with Crippen molar-refractivity contribution in [1.29, 1.82) is 0 Å². The molecule has 4 nitrogen and oxygen atoms in total. The van der Waals surface area contributed by atoms with Gasteiger partial charge in [0.05, 0.1) is 12.7 Å². The first kappa shape index (κ1) is 18.9. The van der Waals surface area contributed by atoms with Crippen LogP contribution in [0.15, 0.2) is 42.5 Å². The van der Waals surface area contributed by atoms with E-state index >= 15 is 0 Å². The molecule has 2 aromatic carbocycles. The molecule has 0 saturated heterocycles. The maximum atomic E-state index is 12.4. The summed E-state index contributed by atoms with van der Waals surface area (Å²) in [5, 5.41) is 5.99. The smallest absolute Gasteiger partial charge is 0.261 e. The van der Waals surface area contributed by atoms with Crippen LogP contribution in [0.3, 0.4) is 0 Å². The monoisotopic (exact) mass is 356 g/mol. The predicted octanol–water partition coefficient (Wildman–Crippen LogP) is 4.64. The van der Waals surface area contributed by atoms with Crippen molar-refractivity contribution in [3.05, 3.63) is 59.2 Å². The summed E-state index contributed by atoms with van der Waals surface area (Å²) in [6.45, 7) is 6.26. The first-order chi connectivity index (χ1) is 12.0. The number of benzene rings is 2. The molecule has 0 heterocycles. The standard InChI is InChI=1S/C20H24N2O2S/c1-5-13(2)15-9-11-16(12-10-15)21-20(25)22-19(23)17-8-6-7-14(3)18(17)24-4/h6-13H,5H2,1-4H3,(H2,21,22,23,25)/t13-/m0/s1. The molecule has 0 spiro atoms. The minimum absolute atomic E-state index is 0.254. The van der Waals surface area contributed by atoms with E-state index in [4.69, 9.17) is 17.0 Å². The number of hydrogen-bond donors (Lipinski definition) is 2. The lowest BCUT2D eigenvalue weighted by Crippen LogP contribution is -2.34. The topological polar surface area (TPSA) is 50.4 Å². The van der Waals surface area contributed by atoms with Crippen LogP contribution >= 0.6 is 12.2 Å². The third kappa shape index (κ3) is 4.79. The molecule has 0 unspecified atom stereocenters. The summed E-state index contributed by atoms with van der Waals surface area (Å²) in [5.74, 6) is 0.782. The average molecular weight is 356 g/mol. The maximum Gasteiger partial charge on any atom is 0.261 e. The number of methoxy groups -OCH3 is 1. The van der Waals surface area contributed by atoms with Gasteiger partial charge in [-0.05, 0) is 60.8 Å². The number of aryl methyl sites for hydroxylation is 1. The van der Waals surface area contributed by atoms with E-state index in [1.807, 2.05) is 31.2 Å². The lowest BCUT2D eigenvalue weighted by molar-refractivity contribution is 0.0974. The second kappa shape index (κ2) is 8.62. The van der Waals surface area contributed by atoms with E-state index in [1.54, 1.807) is 13.2 Å². The van der Waals surface area contributed by atoms with E-state index in [9.17, 15) is 4.79 Å². The summed E-state index contributed by atoms with van der Waals surface area (Å²) in [4.78, 5) is 12.4.